The number of carbonyl (C=O) groups excluding carboxylic acids is 2. The first-order valence-corrected chi connectivity index (χ1v) is 9.59. The third kappa shape index (κ3) is 8.83. The number of carbonyl (C=O) groups is 2. The fourth-order valence-corrected chi connectivity index (χ4v) is 2.75. The summed E-state index contributed by atoms with van der Waals surface area (Å²) >= 11 is 0. The topological polar surface area (TPSA) is 137 Å². The van der Waals surface area contributed by atoms with E-state index in [4.69, 9.17) is 20.6 Å². The molecule has 0 atom stereocenters. The van der Waals surface area contributed by atoms with Gasteiger partial charge in [0, 0.05) is 75.4 Å². The van der Waals surface area contributed by atoms with Crippen LogP contribution in [0.4, 0.5) is 0 Å². The second-order valence-electron chi connectivity index (χ2n) is 6.65. The minimum absolute atomic E-state index is 0. The van der Waals surface area contributed by atoms with Crippen LogP contribution in [0.5, 0.6) is 5.75 Å². The molecule has 1 amide bonds. The molecule has 0 saturated carbocycles. The maximum Gasteiger partial charge on any atom is 0.343 e. The zero-order valence-electron chi connectivity index (χ0n) is 18.6. The van der Waals surface area contributed by atoms with Crippen LogP contribution in [-0.2, 0) is 9.53 Å². The number of ether oxygens (including phenoxy) is 2. The molecule has 0 aliphatic carbocycles. The third-order valence-corrected chi connectivity index (χ3v) is 4.48. The van der Waals surface area contributed by atoms with Gasteiger partial charge in [0.05, 0.1) is 12.2 Å². The number of benzene rings is 2. The molecule has 0 aromatic heterocycles. The van der Waals surface area contributed by atoms with Gasteiger partial charge in [0.1, 0.15) is 11.6 Å². The number of hydrogen-bond donors (Lipinski definition) is 2. The Balaban J connectivity index is 0.00000480. The van der Waals surface area contributed by atoms with Gasteiger partial charge in [-0.15, -0.1) is 0 Å². The van der Waals surface area contributed by atoms with Gasteiger partial charge in [0.15, 0.2) is 0 Å². The molecule has 169 valence electrons. The van der Waals surface area contributed by atoms with Crippen LogP contribution in [-0.4, -0.2) is 54.9 Å². The van der Waals surface area contributed by atoms with Crippen LogP contribution in [0.15, 0.2) is 54.1 Å². The van der Waals surface area contributed by atoms with Crippen LogP contribution in [0.3, 0.4) is 0 Å². The Hall–Kier alpha value is -2.05. The molecule has 0 spiro atoms. The standard InChI is InChI=1S/C23H27N3O4.Ac.H2O/c1-4-26(13-14-29-3)22(27)16(2)15-17-5-7-19(8-6-17)23(28)30-20-11-9-18(10-12-20)21(24)25;;/h5-12,15H,4,13-14H2,1-3H3,(H3,24,25);;1H2/b16-15+;;. The molecule has 0 unspecified atom stereocenters. The van der Waals surface area contributed by atoms with Crippen LogP contribution in [0, 0.1) is 49.5 Å². The molecule has 2 rings (SSSR count). The van der Waals surface area contributed by atoms with Crippen molar-refractivity contribution in [3.63, 3.8) is 0 Å². The van der Waals surface area contributed by atoms with Crippen molar-refractivity contribution in [3.8, 4) is 5.75 Å². The van der Waals surface area contributed by atoms with E-state index in [1.54, 1.807) is 73.5 Å². The fraction of sp³-hybridized carbons (Fsp3) is 0.261. The largest absolute Gasteiger partial charge is 0.423 e. The van der Waals surface area contributed by atoms with E-state index in [0.717, 1.165) is 5.56 Å². The monoisotopic (exact) mass is 654 g/mol. The van der Waals surface area contributed by atoms with Crippen LogP contribution >= 0.6 is 0 Å². The molecule has 0 fully saturated rings. The van der Waals surface area contributed by atoms with Gasteiger partial charge in [0.2, 0.25) is 5.91 Å². The smallest absolute Gasteiger partial charge is 0.343 e. The predicted molar refractivity (Wildman–Crippen MR) is 120 cm³/mol. The number of hydrogen-bond acceptors (Lipinski definition) is 5. The zero-order valence-corrected chi connectivity index (χ0v) is 23.3. The molecule has 1 radical (unpaired) electrons. The Labute approximate surface area is 224 Å². The molecule has 0 saturated heterocycles. The quantitative estimate of drug-likeness (QED) is 0.141. The van der Waals surface area contributed by atoms with Gasteiger partial charge >= 0.3 is 5.97 Å². The number of nitrogen functional groups attached to an aromatic ring is 1. The first-order chi connectivity index (χ1) is 14.3. The van der Waals surface area contributed by atoms with Crippen molar-refractivity contribution in [3.05, 3.63) is 70.8 Å². The van der Waals surface area contributed by atoms with Crippen molar-refractivity contribution < 1.29 is 68.6 Å². The predicted octanol–water partition coefficient (Wildman–Crippen LogP) is 2.26. The Morgan fingerprint density at radius 3 is 2.12 bits per heavy atom. The van der Waals surface area contributed by atoms with E-state index >= 15 is 0 Å². The van der Waals surface area contributed by atoms with Crippen LogP contribution < -0.4 is 10.5 Å². The van der Waals surface area contributed by atoms with Gasteiger partial charge in [-0.2, -0.15) is 0 Å². The number of nitrogens with two attached hydrogens (primary N) is 1. The summed E-state index contributed by atoms with van der Waals surface area (Å²) in [7, 11) is 1.61. The van der Waals surface area contributed by atoms with Crippen molar-refractivity contribution in [1.82, 2.24) is 4.90 Å². The van der Waals surface area contributed by atoms with Gasteiger partial charge in [-0.25, -0.2) is 4.79 Å². The fourth-order valence-electron chi connectivity index (χ4n) is 2.75. The van der Waals surface area contributed by atoms with E-state index in [1.807, 2.05) is 6.92 Å². The van der Waals surface area contributed by atoms with E-state index in [0.29, 0.717) is 42.1 Å². The van der Waals surface area contributed by atoms with Gasteiger partial charge in [-0.3, -0.25) is 10.2 Å². The van der Waals surface area contributed by atoms with Crippen LogP contribution in [0.1, 0.15) is 35.3 Å². The Morgan fingerprint density at radius 1 is 1.06 bits per heavy atom. The molecule has 0 aliphatic rings. The molecular formula is C23H29AcN3O5. The average Bonchev–Trinajstić information content (AvgIpc) is 2.74. The molecular weight excluding hydrogens is 625 g/mol. The number of methoxy groups -OCH3 is 1. The van der Waals surface area contributed by atoms with Crippen molar-refractivity contribution >= 4 is 23.8 Å². The number of esters is 1. The minimum atomic E-state index is -0.495. The number of likely N-dealkylation sites (N-methyl/N-ethyl adjacent to an activating group) is 1. The Bertz CT molecular complexity index is 928. The summed E-state index contributed by atoms with van der Waals surface area (Å²) in [6.07, 6.45) is 1.79. The number of amidine groups is 1. The maximum absolute atomic E-state index is 12.5. The normalized spacial score (nSPS) is 10.4. The van der Waals surface area contributed by atoms with Gasteiger partial charge in [-0.1, -0.05) is 12.1 Å². The second-order valence-corrected chi connectivity index (χ2v) is 6.65. The molecule has 2 aromatic rings. The Kier molecular flexibility index (Phi) is 14.0. The summed E-state index contributed by atoms with van der Waals surface area (Å²) in [6.45, 7) is 5.32. The average molecular weight is 655 g/mol. The first-order valence-electron chi connectivity index (χ1n) is 9.59. The summed E-state index contributed by atoms with van der Waals surface area (Å²) in [5.41, 5.74) is 7.77. The number of amides is 1. The van der Waals surface area contributed by atoms with Crippen molar-refractivity contribution in [2.45, 2.75) is 13.8 Å². The molecule has 0 bridgehead atoms. The number of nitrogens with zero attached hydrogens (tertiary/aromatic N) is 1. The molecule has 9 heteroatoms. The maximum atomic E-state index is 12.5. The minimum Gasteiger partial charge on any atom is -0.423 e. The summed E-state index contributed by atoms with van der Waals surface area (Å²) in [5.74, 6) is -0.227. The summed E-state index contributed by atoms with van der Waals surface area (Å²) < 4.78 is 10.4. The summed E-state index contributed by atoms with van der Waals surface area (Å²) in [5, 5.41) is 7.38. The summed E-state index contributed by atoms with van der Waals surface area (Å²) in [6, 6.07) is 13.2. The molecule has 5 N–H and O–H groups in total. The Morgan fingerprint density at radius 2 is 1.62 bits per heavy atom. The van der Waals surface area contributed by atoms with E-state index in [-0.39, 0.29) is 61.3 Å². The summed E-state index contributed by atoms with van der Waals surface area (Å²) in [4.78, 5) is 26.6. The van der Waals surface area contributed by atoms with Crippen molar-refractivity contribution in [1.29, 1.82) is 5.41 Å². The van der Waals surface area contributed by atoms with Gasteiger partial charge < -0.3 is 25.6 Å². The third-order valence-electron chi connectivity index (χ3n) is 4.48. The van der Waals surface area contributed by atoms with Gasteiger partial charge in [-0.05, 0) is 61.9 Å². The number of nitrogens with one attached hydrogen (secondary N) is 1. The van der Waals surface area contributed by atoms with E-state index in [2.05, 4.69) is 0 Å². The SMILES string of the molecule is CCN(CCOC)C(=O)/C(C)=C/c1ccc(C(=O)Oc2ccc(C(=N)N)cc2)cc1.O.[Ac]. The molecule has 0 heterocycles. The number of rotatable bonds is 9. The van der Waals surface area contributed by atoms with Crippen molar-refractivity contribution in [2.75, 3.05) is 26.8 Å². The van der Waals surface area contributed by atoms with E-state index < -0.39 is 5.97 Å². The van der Waals surface area contributed by atoms with Crippen molar-refractivity contribution in [2.24, 2.45) is 5.73 Å². The van der Waals surface area contributed by atoms with E-state index in [9.17, 15) is 9.59 Å². The molecule has 8 nitrogen and oxygen atoms in total. The molecule has 32 heavy (non-hydrogen) atoms. The molecule has 0 aliphatic heterocycles. The first kappa shape index (κ1) is 30.0. The van der Waals surface area contributed by atoms with E-state index in [1.165, 1.54) is 0 Å². The zero-order chi connectivity index (χ0) is 22.1. The van der Waals surface area contributed by atoms with Crippen LogP contribution in [0.2, 0.25) is 0 Å². The van der Waals surface area contributed by atoms with Gasteiger partial charge in [0.25, 0.3) is 0 Å². The molecule has 2 aromatic carbocycles. The second kappa shape index (κ2) is 14.9. The van der Waals surface area contributed by atoms with Crippen LogP contribution in [0.25, 0.3) is 6.08 Å².